The lowest BCUT2D eigenvalue weighted by Crippen LogP contribution is -2.00. The first kappa shape index (κ1) is 30.6. The molecule has 248 valence electrons. The predicted molar refractivity (Wildman–Crippen MR) is 217 cm³/mol. The lowest BCUT2D eigenvalue weighted by Gasteiger charge is -2.10. The minimum absolute atomic E-state index is 0.587. The van der Waals surface area contributed by atoms with Crippen molar-refractivity contribution in [2.45, 2.75) is 0 Å². The zero-order valence-electron chi connectivity index (χ0n) is 28.6. The fourth-order valence-corrected chi connectivity index (χ4v) is 7.21. The summed E-state index contributed by atoms with van der Waals surface area (Å²) in [4.78, 5) is 15.2. The second-order valence-corrected chi connectivity index (χ2v) is 13.2. The molecule has 0 unspecified atom stereocenters. The van der Waals surface area contributed by atoms with Crippen molar-refractivity contribution in [3.63, 3.8) is 0 Å². The molecule has 0 aliphatic heterocycles. The Morgan fingerprint density at radius 1 is 0.302 bits per heavy atom. The minimum Gasteiger partial charge on any atom is -0.456 e. The normalized spacial score (nSPS) is 11.4. The molecule has 10 rings (SSSR count). The Kier molecular flexibility index (Phi) is 7.43. The van der Waals surface area contributed by atoms with Gasteiger partial charge in [0.2, 0.25) is 0 Å². The molecule has 0 spiro atoms. The van der Waals surface area contributed by atoms with E-state index in [4.69, 9.17) is 19.4 Å². The summed E-state index contributed by atoms with van der Waals surface area (Å²) in [7, 11) is 0. The molecule has 2 aromatic heterocycles. The Bertz CT molecular complexity index is 2910. The van der Waals surface area contributed by atoms with E-state index in [-0.39, 0.29) is 0 Å². The SMILES string of the molecule is c1ccc(-c2ccc(-c3nc(-c4ccc5ccccc5c4)nc(-c4ccc5c(c4)oc4cccc(-c6ccc(-c7ccccc7)cc6)c45)n3)cc2)cc1. The van der Waals surface area contributed by atoms with Crippen LogP contribution in [-0.4, -0.2) is 15.0 Å². The molecule has 0 atom stereocenters. The maximum Gasteiger partial charge on any atom is 0.164 e. The highest BCUT2D eigenvalue weighted by atomic mass is 16.3. The van der Waals surface area contributed by atoms with Crippen LogP contribution < -0.4 is 0 Å². The smallest absolute Gasteiger partial charge is 0.164 e. The van der Waals surface area contributed by atoms with Gasteiger partial charge in [-0.3, -0.25) is 0 Å². The molecule has 0 aliphatic carbocycles. The highest BCUT2D eigenvalue weighted by Crippen LogP contribution is 2.39. The highest BCUT2D eigenvalue weighted by Gasteiger charge is 2.17. The highest BCUT2D eigenvalue weighted by molar-refractivity contribution is 6.13. The topological polar surface area (TPSA) is 51.8 Å². The van der Waals surface area contributed by atoms with Crippen LogP contribution in [0.4, 0.5) is 0 Å². The van der Waals surface area contributed by atoms with Crippen molar-refractivity contribution in [3.8, 4) is 67.5 Å². The summed E-state index contributed by atoms with van der Waals surface area (Å²) in [6, 6.07) is 65.2. The van der Waals surface area contributed by atoms with Gasteiger partial charge in [0, 0.05) is 27.5 Å². The van der Waals surface area contributed by atoms with Gasteiger partial charge in [0.05, 0.1) is 0 Å². The zero-order chi connectivity index (χ0) is 35.1. The van der Waals surface area contributed by atoms with Crippen molar-refractivity contribution >= 4 is 32.7 Å². The number of aromatic nitrogens is 3. The summed E-state index contributed by atoms with van der Waals surface area (Å²) < 4.78 is 6.53. The van der Waals surface area contributed by atoms with Gasteiger partial charge < -0.3 is 4.42 Å². The van der Waals surface area contributed by atoms with E-state index in [0.29, 0.717) is 17.5 Å². The molecular formula is C49H31N3O. The van der Waals surface area contributed by atoms with E-state index >= 15 is 0 Å². The average molecular weight is 678 g/mol. The van der Waals surface area contributed by atoms with E-state index in [0.717, 1.165) is 60.7 Å². The van der Waals surface area contributed by atoms with Crippen LogP contribution in [-0.2, 0) is 0 Å². The third-order valence-corrected chi connectivity index (χ3v) is 9.95. The monoisotopic (exact) mass is 677 g/mol. The molecule has 0 radical (unpaired) electrons. The molecule has 0 N–H and O–H groups in total. The van der Waals surface area contributed by atoms with Crippen LogP contribution in [0.5, 0.6) is 0 Å². The molecule has 4 heteroatoms. The Balaban J connectivity index is 1.08. The summed E-state index contributed by atoms with van der Waals surface area (Å²) in [5.74, 6) is 1.82. The third kappa shape index (κ3) is 5.73. The Morgan fingerprint density at radius 2 is 0.792 bits per heavy atom. The molecule has 2 heterocycles. The predicted octanol–water partition coefficient (Wildman–Crippen LogP) is 12.9. The summed E-state index contributed by atoms with van der Waals surface area (Å²) in [5.41, 5.74) is 11.3. The fraction of sp³-hybridized carbons (Fsp3) is 0. The summed E-state index contributed by atoms with van der Waals surface area (Å²) in [6.45, 7) is 0. The van der Waals surface area contributed by atoms with Crippen molar-refractivity contribution in [2.75, 3.05) is 0 Å². The molecular weight excluding hydrogens is 647 g/mol. The fourth-order valence-electron chi connectivity index (χ4n) is 7.21. The van der Waals surface area contributed by atoms with E-state index in [9.17, 15) is 0 Å². The number of fused-ring (bicyclic) bond motifs is 4. The van der Waals surface area contributed by atoms with Gasteiger partial charge in [-0.25, -0.2) is 15.0 Å². The first-order valence-electron chi connectivity index (χ1n) is 17.8. The molecule has 53 heavy (non-hydrogen) atoms. The van der Waals surface area contributed by atoms with Gasteiger partial charge >= 0.3 is 0 Å². The van der Waals surface area contributed by atoms with Gasteiger partial charge in [-0.05, 0) is 68.4 Å². The molecule has 10 aromatic rings. The number of benzene rings is 8. The average Bonchev–Trinajstić information content (AvgIpc) is 3.62. The Morgan fingerprint density at radius 3 is 1.45 bits per heavy atom. The minimum atomic E-state index is 0.587. The van der Waals surface area contributed by atoms with Crippen molar-refractivity contribution in [1.82, 2.24) is 15.0 Å². The van der Waals surface area contributed by atoms with Crippen molar-refractivity contribution < 1.29 is 4.42 Å². The molecule has 0 aliphatic rings. The Hall–Kier alpha value is -7.17. The van der Waals surface area contributed by atoms with Crippen LogP contribution in [0.2, 0.25) is 0 Å². The van der Waals surface area contributed by atoms with Crippen LogP contribution in [0, 0.1) is 0 Å². The number of rotatable bonds is 6. The summed E-state index contributed by atoms with van der Waals surface area (Å²) in [5, 5.41) is 4.44. The third-order valence-electron chi connectivity index (χ3n) is 9.95. The van der Waals surface area contributed by atoms with Crippen LogP contribution in [0.3, 0.4) is 0 Å². The van der Waals surface area contributed by atoms with E-state index in [2.05, 4.69) is 170 Å². The maximum atomic E-state index is 6.53. The van der Waals surface area contributed by atoms with Crippen LogP contribution in [0.15, 0.2) is 192 Å². The summed E-state index contributed by atoms with van der Waals surface area (Å²) in [6.07, 6.45) is 0. The van der Waals surface area contributed by atoms with E-state index in [1.54, 1.807) is 0 Å². The first-order valence-corrected chi connectivity index (χ1v) is 17.8. The van der Waals surface area contributed by atoms with E-state index < -0.39 is 0 Å². The second-order valence-electron chi connectivity index (χ2n) is 13.2. The van der Waals surface area contributed by atoms with Crippen molar-refractivity contribution in [2.24, 2.45) is 0 Å². The Labute approximate surface area is 306 Å². The molecule has 0 saturated heterocycles. The number of furan rings is 1. The number of nitrogens with zero attached hydrogens (tertiary/aromatic N) is 3. The lowest BCUT2D eigenvalue weighted by atomic mass is 9.96. The zero-order valence-corrected chi connectivity index (χ0v) is 28.6. The van der Waals surface area contributed by atoms with Crippen molar-refractivity contribution in [3.05, 3.63) is 188 Å². The van der Waals surface area contributed by atoms with Gasteiger partial charge in [0.1, 0.15) is 11.2 Å². The largest absolute Gasteiger partial charge is 0.456 e. The quantitative estimate of drug-likeness (QED) is 0.176. The standard InChI is InChI=1S/C49H31N3O/c1-3-10-32(11-4-1)35-18-23-37(24-19-35)42-16-9-17-44-46(42)43-29-28-41(31-45(43)53-44)49-51-47(38-25-20-36(21-26-38)33-12-5-2-6-13-33)50-48(52-49)40-27-22-34-14-7-8-15-39(34)30-40/h1-31H. The van der Waals surface area contributed by atoms with Crippen LogP contribution in [0.25, 0.3) is 100 Å². The molecule has 8 aromatic carbocycles. The molecule has 4 nitrogen and oxygen atoms in total. The number of hydrogen-bond acceptors (Lipinski definition) is 4. The van der Waals surface area contributed by atoms with E-state index in [1.165, 1.54) is 22.1 Å². The second kappa shape index (κ2) is 12.9. The van der Waals surface area contributed by atoms with Gasteiger partial charge in [-0.1, -0.05) is 164 Å². The van der Waals surface area contributed by atoms with Crippen LogP contribution >= 0.6 is 0 Å². The van der Waals surface area contributed by atoms with Crippen molar-refractivity contribution in [1.29, 1.82) is 0 Å². The van der Waals surface area contributed by atoms with Gasteiger partial charge in [0.25, 0.3) is 0 Å². The molecule has 0 bridgehead atoms. The van der Waals surface area contributed by atoms with Gasteiger partial charge in [0.15, 0.2) is 17.5 Å². The lowest BCUT2D eigenvalue weighted by molar-refractivity contribution is 0.669. The van der Waals surface area contributed by atoms with Gasteiger partial charge in [-0.15, -0.1) is 0 Å². The number of hydrogen-bond donors (Lipinski definition) is 0. The van der Waals surface area contributed by atoms with Gasteiger partial charge in [-0.2, -0.15) is 0 Å². The first-order chi connectivity index (χ1) is 26.2. The summed E-state index contributed by atoms with van der Waals surface area (Å²) >= 11 is 0. The van der Waals surface area contributed by atoms with E-state index in [1.807, 2.05) is 18.2 Å². The molecule has 0 saturated carbocycles. The molecule has 0 fully saturated rings. The maximum absolute atomic E-state index is 6.53. The molecule has 0 amide bonds. The van der Waals surface area contributed by atoms with Crippen LogP contribution in [0.1, 0.15) is 0 Å².